The van der Waals surface area contributed by atoms with Crippen LogP contribution in [0.25, 0.3) is 0 Å². The van der Waals surface area contributed by atoms with Gasteiger partial charge in [-0.25, -0.2) is 0 Å². The van der Waals surface area contributed by atoms with Gasteiger partial charge in [-0.05, 0) is 45.2 Å². The number of hydrogen-bond acceptors (Lipinski definition) is 3. The standard InChI is InChI=1S/C16H24N2O2/c1-3-17-15-8-7-12(2)10-14(15)16(19)18-11-13-6-4-5-9-20-13/h7-8,10,13,17H,3-6,9,11H2,1-2H3,(H,18,19). The van der Waals surface area contributed by atoms with E-state index in [1.165, 1.54) is 6.42 Å². The molecule has 1 atom stereocenters. The maximum absolute atomic E-state index is 12.3. The largest absolute Gasteiger partial charge is 0.385 e. The van der Waals surface area contributed by atoms with Gasteiger partial charge in [0.2, 0.25) is 0 Å². The number of ether oxygens (including phenoxy) is 1. The molecular weight excluding hydrogens is 252 g/mol. The maximum atomic E-state index is 12.3. The summed E-state index contributed by atoms with van der Waals surface area (Å²) in [5, 5.41) is 6.22. The van der Waals surface area contributed by atoms with Crippen molar-refractivity contribution >= 4 is 11.6 Å². The van der Waals surface area contributed by atoms with Crippen molar-refractivity contribution in [3.63, 3.8) is 0 Å². The molecule has 1 aromatic rings. The van der Waals surface area contributed by atoms with Gasteiger partial charge in [0.25, 0.3) is 5.91 Å². The Hall–Kier alpha value is -1.55. The summed E-state index contributed by atoms with van der Waals surface area (Å²) in [5.74, 6) is -0.0289. The van der Waals surface area contributed by atoms with Gasteiger partial charge >= 0.3 is 0 Å². The molecule has 0 spiro atoms. The summed E-state index contributed by atoms with van der Waals surface area (Å²) in [6.07, 6.45) is 3.52. The van der Waals surface area contributed by atoms with Gasteiger partial charge < -0.3 is 15.4 Å². The van der Waals surface area contributed by atoms with Crippen LogP contribution in [0.2, 0.25) is 0 Å². The lowest BCUT2D eigenvalue weighted by molar-refractivity contribution is 0.0169. The molecule has 110 valence electrons. The zero-order valence-corrected chi connectivity index (χ0v) is 12.4. The van der Waals surface area contributed by atoms with Crippen LogP contribution in [0.15, 0.2) is 18.2 Å². The Balaban J connectivity index is 1.98. The van der Waals surface area contributed by atoms with Crippen molar-refractivity contribution < 1.29 is 9.53 Å². The zero-order chi connectivity index (χ0) is 14.4. The van der Waals surface area contributed by atoms with E-state index in [1.54, 1.807) is 0 Å². The van der Waals surface area contributed by atoms with E-state index in [1.807, 2.05) is 32.0 Å². The lowest BCUT2D eigenvalue weighted by Gasteiger charge is -2.23. The van der Waals surface area contributed by atoms with Crippen LogP contribution in [0.1, 0.15) is 42.1 Å². The van der Waals surface area contributed by atoms with E-state index in [-0.39, 0.29) is 12.0 Å². The summed E-state index contributed by atoms with van der Waals surface area (Å²) < 4.78 is 5.64. The number of carbonyl (C=O) groups excluding carboxylic acids is 1. The minimum absolute atomic E-state index is 0.0289. The van der Waals surface area contributed by atoms with Gasteiger partial charge in [-0.15, -0.1) is 0 Å². The zero-order valence-electron chi connectivity index (χ0n) is 12.4. The first-order chi connectivity index (χ1) is 9.70. The SMILES string of the molecule is CCNc1ccc(C)cc1C(=O)NCC1CCCCO1. The van der Waals surface area contributed by atoms with Crippen molar-refractivity contribution in [2.45, 2.75) is 39.2 Å². The number of rotatable bonds is 5. The summed E-state index contributed by atoms with van der Waals surface area (Å²) >= 11 is 0. The fourth-order valence-corrected chi connectivity index (χ4v) is 2.46. The van der Waals surface area contributed by atoms with Crippen molar-refractivity contribution in [1.82, 2.24) is 5.32 Å². The highest BCUT2D eigenvalue weighted by Gasteiger charge is 2.16. The van der Waals surface area contributed by atoms with Crippen molar-refractivity contribution in [2.75, 3.05) is 25.0 Å². The second-order valence-corrected chi connectivity index (χ2v) is 5.28. The van der Waals surface area contributed by atoms with Crippen molar-refractivity contribution in [3.8, 4) is 0 Å². The van der Waals surface area contributed by atoms with Crippen LogP contribution in [0.5, 0.6) is 0 Å². The van der Waals surface area contributed by atoms with Gasteiger partial charge in [0, 0.05) is 25.4 Å². The molecule has 0 aromatic heterocycles. The summed E-state index contributed by atoms with van der Waals surface area (Å²) in [6.45, 7) is 6.23. The van der Waals surface area contributed by atoms with Gasteiger partial charge in [-0.2, -0.15) is 0 Å². The van der Waals surface area contributed by atoms with Crippen LogP contribution >= 0.6 is 0 Å². The van der Waals surface area contributed by atoms with Crippen molar-refractivity contribution in [3.05, 3.63) is 29.3 Å². The molecule has 4 heteroatoms. The predicted octanol–water partition coefficient (Wildman–Crippen LogP) is 2.73. The summed E-state index contributed by atoms with van der Waals surface area (Å²) in [5.41, 5.74) is 2.69. The predicted molar refractivity (Wildman–Crippen MR) is 81.3 cm³/mol. The maximum Gasteiger partial charge on any atom is 0.253 e. The number of aryl methyl sites for hydroxylation is 1. The van der Waals surface area contributed by atoms with E-state index >= 15 is 0 Å². The lowest BCUT2D eigenvalue weighted by atomic mass is 10.1. The van der Waals surface area contributed by atoms with Crippen LogP contribution in [-0.4, -0.2) is 31.7 Å². The van der Waals surface area contributed by atoms with Crippen molar-refractivity contribution in [1.29, 1.82) is 0 Å². The highest BCUT2D eigenvalue weighted by atomic mass is 16.5. The van der Waals surface area contributed by atoms with Gasteiger partial charge in [-0.3, -0.25) is 4.79 Å². The second kappa shape index (κ2) is 7.29. The smallest absolute Gasteiger partial charge is 0.253 e. The minimum Gasteiger partial charge on any atom is -0.385 e. The molecular formula is C16H24N2O2. The van der Waals surface area contributed by atoms with Crippen LogP contribution in [-0.2, 0) is 4.74 Å². The van der Waals surface area contributed by atoms with Gasteiger partial charge in [-0.1, -0.05) is 11.6 Å². The van der Waals surface area contributed by atoms with Crippen LogP contribution < -0.4 is 10.6 Å². The molecule has 2 N–H and O–H groups in total. The molecule has 0 radical (unpaired) electrons. The molecule has 1 aliphatic rings. The highest BCUT2D eigenvalue weighted by molar-refractivity contribution is 5.99. The van der Waals surface area contributed by atoms with E-state index < -0.39 is 0 Å². The molecule has 1 saturated heterocycles. The third-order valence-corrected chi connectivity index (χ3v) is 3.55. The Labute approximate surface area is 120 Å². The average molecular weight is 276 g/mol. The summed E-state index contributed by atoms with van der Waals surface area (Å²) in [6, 6.07) is 5.90. The molecule has 4 nitrogen and oxygen atoms in total. The average Bonchev–Trinajstić information content (AvgIpc) is 2.48. The van der Waals surface area contributed by atoms with E-state index in [0.717, 1.165) is 37.2 Å². The quantitative estimate of drug-likeness (QED) is 0.869. The third-order valence-electron chi connectivity index (χ3n) is 3.55. The molecule has 0 bridgehead atoms. The molecule has 1 fully saturated rings. The Kier molecular flexibility index (Phi) is 5.41. The molecule has 20 heavy (non-hydrogen) atoms. The number of nitrogens with one attached hydrogen (secondary N) is 2. The topological polar surface area (TPSA) is 50.4 Å². The van der Waals surface area contributed by atoms with Crippen LogP contribution in [0, 0.1) is 6.92 Å². The first-order valence-corrected chi connectivity index (χ1v) is 7.45. The highest BCUT2D eigenvalue weighted by Crippen LogP contribution is 2.18. The Morgan fingerprint density at radius 3 is 2.95 bits per heavy atom. The van der Waals surface area contributed by atoms with Gasteiger partial charge in [0.15, 0.2) is 0 Å². The number of hydrogen-bond donors (Lipinski definition) is 2. The first kappa shape index (κ1) is 14.9. The summed E-state index contributed by atoms with van der Waals surface area (Å²) in [7, 11) is 0. The fourth-order valence-electron chi connectivity index (χ4n) is 2.46. The fraction of sp³-hybridized carbons (Fsp3) is 0.562. The van der Waals surface area contributed by atoms with E-state index in [4.69, 9.17) is 4.74 Å². The first-order valence-electron chi connectivity index (χ1n) is 7.45. The van der Waals surface area contributed by atoms with Gasteiger partial charge in [0.05, 0.1) is 11.7 Å². The Bertz CT molecular complexity index is 454. The van der Waals surface area contributed by atoms with E-state index in [2.05, 4.69) is 10.6 Å². The van der Waals surface area contributed by atoms with Crippen LogP contribution in [0.4, 0.5) is 5.69 Å². The van der Waals surface area contributed by atoms with E-state index in [9.17, 15) is 4.79 Å². The molecule has 1 amide bonds. The minimum atomic E-state index is -0.0289. The second-order valence-electron chi connectivity index (χ2n) is 5.28. The number of anilines is 1. The van der Waals surface area contributed by atoms with Crippen LogP contribution in [0.3, 0.4) is 0 Å². The molecule has 0 saturated carbocycles. The molecule has 1 aliphatic heterocycles. The molecule has 1 heterocycles. The van der Waals surface area contributed by atoms with Gasteiger partial charge in [0.1, 0.15) is 0 Å². The molecule has 2 rings (SSSR count). The number of amides is 1. The molecule has 0 aliphatic carbocycles. The number of benzene rings is 1. The monoisotopic (exact) mass is 276 g/mol. The molecule has 1 aromatic carbocycles. The van der Waals surface area contributed by atoms with Crippen molar-refractivity contribution in [2.24, 2.45) is 0 Å². The third kappa shape index (κ3) is 3.97. The lowest BCUT2D eigenvalue weighted by Crippen LogP contribution is -2.35. The molecule has 1 unspecified atom stereocenters. The number of carbonyl (C=O) groups is 1. The summed E-state index contributed by atoms with van der Waals surface area (Å²) in [4.78, 5) is 12.3. The van der Waals surface area contributed by atoms with E-state index in [0.29, 0.717) is 12.1 Å². The Morgan fingerprint density at radius 1 is 1.40 bits per heavy atom. The normalized spacial score (nSPS) is 18.6. The Morgan fingerprint density at radius 2 is 2.25 bits per heavy atom.